The highest BCUT2D eigenvalue weighted by Crippen LogP contribution is 2.28. The van der Waals surface area contributed by atoms with Gasteiger partial charge in [-0.25, -0.2) is 0 Å². The number of hydrogen-bond donors (Lipinski definition) is 2. The summed E-state index contributed by atoms with van der Waals surface area (Å²) < 4.78 is 0. The lowest BCUT2D eigenvalue weighted by Gasteiger charge is -2.07. The second kappa shape index (κ2) is 5.94. The molecule has 0 bridgehead atoms. The fourth-order valence-electron chi connectivity index (χ4n) is 1.67. The van der Waals surface area contributed by atoms with Gasteiger partial charge in [-0.15, -0.1) is 11.8 Å². The third-order valence-corrected chi connectivity index (χ3v) is 3.91. The number of aryl methyl sites for hydroxylation is 1. The molecule has 0 aromatic heterocycles. The van der Waals surface area contributed by atoms with Crippen LogP contribution in [0.15, 0.2) is 47.4 Å². The molecular formula is C15H17NOS. The van der Waals surface area contributed by atoms with E-state index in [1.165, 1.54) is 11.1 Å². The Morgan fingerprint density at radius 1 is 1.06 bits per heavy atom. The summed E-state index contributed by atoms with van der Waals surface area (Å²) >= 11 is 1.74. The van der Waals surface area contributed by atoms with Crippen LogP contribution in [0.1, 0.15) is 16.7 Å². The summed E-state index contributed by atoms with van der Waals surface area (Å²) in [7, 11) is 0. The molecule has 0 aliphatic carbocycles. The van der Waals surface area contributed by atoms with Crippen molar-refractivity contribution in [1.29, 1.82) is 0 Å². The molecule has 2 aromatic carbocycles. The van der Waals surface area contributed by atoms with E-state index in [0.717, 1.165) is 21.9 Å². The van der Waals surface area contributed by atoms with Crippen molar-refractivity contribution in [2.45, 2.75) is 24.2 Å². The maximum atomic E-state index is 8.98. The molecule has 0 amide bonds. The first kappa shape index (κ1) is 13.0. The van der Waals surface area contributed by atoms with Gasteiger partial charge in [0.2, 0.25) is 0 Å². The number of aliphatic hydroxyl groups excluding tert-OH is 1. The van der Waals surface area contributed by atoms with Gasteiger partial charge in [-0.3, -0.25) is 0 Å². The van der Waals surface area contributed by atoms with Crippen LogP contribution in [0.4, 0.5) is 5.69 Å². The second-order valence-corrected chi connectivity index (χ2v) is 5.32. The number of aliphatic hydroxyl groups is 1. The number of nitrogens with two attached hydrogens (primary N) is 1. The van der Waals surface area contributed by atoms with E-state index in [-0.39, 0.29) is 6.61 Å². The van der Waals surface area contributed by atoms with Crippen LogP contribution in [0, 0.1) is 6.92 Å². The Kier molecular flexibility index (Phi) is 4.28. The smallest absolute Gasteiger partial charge is 0.0681 e. The zero-order chi connectivity index (χ0) is 13.0. The fraction of sp³-hybridized carbons (Fsp3) is 0.200. The molecule has 0 aliphatic rings. The van der Waals surface area contributed by atoms with Gasteiger partial charge in [0.1, 0.15) is 0 Å². The van der Waals surface area contributed by atoms with E-state index >= 15 is 0 Å². The quantitative estimate of drug-likeness (QED) is 0.653. The fourth-order valence-corrected chi connectivity index (χ4v) is 2.69. The van der Waals surface area contributed by atoms with Crippen LogP contribution in [0.2, 0.25) is 0 Å². The average molecular weight is 259 g/mol. The molecule has 0 saturated carbocycles. The van der Waals surface area contributed by atoms with Crippen molar-refractivity contribution in [2.75, 3.05) is 5.73 Å². The van der Waals surface area contributed by atoms with E-state index < -0.39 is 0 Å². The van der Waals surface area contributed by atoms with Crippen molar-refractivity contribution in [1.82, 2.24) is 0 Å². The van der Waals surface area contributed by atoms with Gasteiger partial charge in [0.05, 0.1) is 6.61 Å². The monoisotopic (exact) mass is 259 g/mol. The van der Waals surface area contributed by atoms with E-state index in [0.29, 0.717) is 0 Å². The Labute approximate surface area is 112 Å². The number of thioether (sulfide) groups is 1. The van der Waals surface area contributed by atoms with E-state index in [2.05, 4.69) is 13.0 Å². The minimum absolute atomic E-state index is 0.0955. The first-order valence-electron chi connectivity index (χ1n) is 5.86. The molecule has 2 aromatic rings. The Morgan fingerprint density at radius 3 is 2.39 bits per heavy atom. The van der Waals surface area contributed by atoms with Gasteiger partial charge in [0.25, 0.3) is 0 Å². The number of benzene rings is 2. The summed E-state index contributed by atoms with van der Waals surface area (Å²) in [5.41, 5.74) is 10.2. The van der Waals surface area contributed by atoms with Gasteiger partial charge >= 0.3 is 0 Å². The molecule has 3 heteroatoms. The van der Waals surface area contributed by atoms with Gasteiger partial charge in [0, 0.05) is 16.3 Å². The van der Waals surface area contributed by atoms with Crippen LogP contribution < -0.4 is 5.73 Å². The maximum absolute atomic E-state index is 8.98. The molecular weight excluding hydrogens is 242 g/mol. The first-order chi connectivity index (χ1) is 8.69. The number of nitrogen functional groups attached to an aromatic ring is 1. The largest absolute Gasteiger partial charge is 0.398 e. The Bertz CT molecular complexity index is 523. The van der Waals surface area contributed by atoms with Crippen LogP contribution in [0.25, 0.3) is 0 Å². The number of anilines is 1. The zero-order valence-corrected chi connectivity index (χ0v) is 11.2. The van der Waals surface area contributed by atoms with E-state index in [4.69, 9.17) is 10.8 Å². The second-order valence-electron chi connectivity index (χ2n) is 4.30. The summed E-state index contributed by atoms with van der Waals surface area (Å²) in [6.45, 7) is 2.16. The average Bonchev–Trinajstić information content (AvgIpc) is 2.40. The highest BCUT2D eigenvalue weighted by atomic mass is 32.2. The predicted molar refractivity (Wildman–Crippen MR) is 77.5 cm³/mol. The van der Waals surface area contributed by atoms with Crippen molar-refractivity contribution in [3.8, 4) is 0 Å². The SMILES string of the molecule is Cc1ccc(N)c(SCc2ccc(CO)cc2)c1. The van der Waals surface area contributed by atoms with Crippen molar-refractivity contribution in [3.63, 3.8) is 0 Å². The van der Waals surface area contributed by atoms with Gasteiger partial charge in [-0.05, 0) is 35.7 Å². The molecule has 94 valence electrons. The summed E-state index contributed by atoms with van der Waals surface area (Å²) in [6, 6.07) is 14.1. The summed E-state index contributed by atoms with van der Waals surface area (Å²) in [5, 5.41) is 8.98. The van der Waals surface area contributed by atoms with Crippen LogP contribution in [-0.4, -0.2) is 5.11 Å². The number of hydrogen-bond acceptors (Lipinski definition) is 3. The zero-order valence-electron chi connectivity index (χ0n) is 10.4. The van der Waals surface area contributed by atoms with E-state index in [1.54, 1.807) is 11.8 Å². The molecule has 0 atom stereocenters. The topological polar surface area (TPSA) is 46.2 Å². The highest BCUT2D eigenvalue weighted by Gasteiger charge is 2.01. The van der Waals surface area contributed by atoms with Crippen LogP contribution >= 0.6 is 11.8 Å². The van der Waals surface area contributed by atoms with Gasteiger partial charge in [-0.2, -0.15) is 0 Å². The molecule has 0 spiro atoms. The summed E-state index contributed by atoms with van der Waals surface area (Å²) in [6.07, 6.45) is 0. The lowest BCUT2D eigenvalue weighted by atomic mass is 10.2. The van der Waals surface area contributed by atoms with Crippen molar-refractivity contribution >= 4 is 17.4 Å². The Hall–Kier alpha value is -1.45. The molecule has 0 radical (unpaired) electrons. The summed E-state index contributed by atoms with van der Waals surface area (Å²) in [5.74, 6) is 0.888. The first-order valence-corrected chi connectivity index (χ1v) is 6.85. The van der Waals surface area contributed by atoms with Gasteiger partial charge in [0.15, 0.2) is 0 Å². The Morgan fingerprint density at radius 2 is 1.72 bits per heavy atom. The van der Waals surface area contributed by atoms with Gasteiger partial charge in [-0.1, -0.05) is 30.3 Å². The lowest BCUT2D eigenvalue weighted by Crippen LogP contribution is -1.90. The third kappa shape index (κ3) is 3.28. The highest BCUT2D eigenvalue weighted by molar-refractivity contribution is 7.98. The van der Waals surface area contributed by atoms with E-state index in [9.17, 15) is 0 Å². The molecule has 0 heterocycles. The standard InChI is InChI=1S/C15H17NOS/c1-11-2-7-14(16)15(8-11)18-10-13-5-3-12(9-17)4-6-13/h2-8,17H,9-10,16H2,1H3. The number of rotatable bonds is 4. The van der Waals surface area contributed by atoms with Crippen molar-refractivity contribution in [2.24, 2.45) is 0 Å². The molecule has 0 fully saturated rings. The lowest BCUT2D eigenvalue weighted by molar-refractivity contribution is 0.282. The predicted octanol–water partition coefficient (Wildman–Crippen LogP) is 3.36. The minimum Gasteiger partial charge on any atom is -0.398 e. The van der Waals surface area contributed by atoms with Crippen LogP contribution in [0.5, 0.6) is 0 Å². The molecule has 3 N–H and O–H groups in total. The summed E-state index contributed by atoms with van der Waals surface area (Å²) in [4.78, 5) is 1.13. The van der Waals surface area contributed by atoms with Crippen LogP contribution in [-0.2, 0) is 12.4 Å². The van der Waals surface area contributed by atoms with Crippen molar-refractivity contribution < 1.29 is 5.11 Å². The molecule has 18 heavy (non-hydrogen) atoms. The van der Waals surface area contributed by atoms with Crippen molar-refractivity contribution in [3.05, 3.63) is 59.2 Å². The molecule has 0 unspecified atom stereocenters. The third-order valence-electron chi connectivity index (χ3n) is 2.77. The minimum atomic E-state index is 0.0955. The molecule has 0 aliphatic heterocycles. The van der Waals surface area contributed by atoms with Crippen LogP contribution in [0.3, 0.4) is 0 Å². The van der Waals surface area contributed by atoms with E-state index in [1.807, 2.05) is 36.4 Å². The molecule has 0 saturated heterocycles. The Balaban J connectivity index is 2.04. The molecule has 2 rings (SSSR count). The molecule has 2 nitrogen and oxygen atoms in total. The maximum Gasteiger partial charge on any atom is 0.0681 e. The van der Waals surface area contributed by atoms with Gasteiger partial charge < -0.3 is 10.8 Å². The normalized spacial score (nSPS) is 10.6.